The molecule has 0 aliphatic rings. The van der Waals surface area contributed by atoms with E-state index in [1.165, 1.54) is 5.56 Å². The molecule has 0 fully saturated rings. The summed E-state index contributed by atoms with van der Waals surface area (Å²) in [7, 11) is -3.05. The van der Waals surface area contributed by atoms with Crippen LogP contribution >= 0.6 is 7.60 Å². The topological polar surface area (TPSA) is 134 Å². The fourth-order valence-electron chi connectivity index (χ4n) is 4.87. The first kappa shape index (κ1) is 30.4. The third-order valence-electron chi connectivity index (χ3n) is 6.90. The molecule has 0 atom stereocenters. The Hall–Kier alpha value is -3.52. The second-order valence-corrected chi connectivity index (χ2v) is 12.1. The van der Waals surface area contributed by atoms with Crippen LogP contribution in [0.5, 0.6) is 5.75 Å². The summed E-state index contributed by atoms with van der Waals surface area (Å²) in [5, 5.41) is 10.9. The van der Waals surface area contributed by atoms with Crippen LogP contribution < -0.4 is 10.5 Å². The summed E-state index contributed by atoms with van der Waals surface area (Å²) in [4.78, 5) is 20.1. The predicted molar refractivity (Wildman–Crippen MR) is 162 cm³/mol. The monoisotopic (exact) mass is 579 g/mol. The number of nitrogen functional groups attached to an aromatic ring is 1. The van der Waals surface area contributed by atoms with Gasteiger partial charge in [-0.05, 0) is 93.0 Å². The number of hydrogen-bond donors (Lipinski definition) is 2. The molecule has 4 aromatic rings. The molecule has 0 saturated heterocycles. The Kier molecular flexibility index (Phi) is 10.3. The number of rotatable bonds is 15. The molecular formula is C31H38N3O6P. The van der Waals surface area contributed by atoms with E-state index in [9.17, 15) is 9.36 Å². The van der Waals surface area contributed by atoms with Crippen molar-refractivity contribution in [1.29, 1.82) is 0 Å². The lowest BCUT2D eigenvalue weighted by molar-refractivity contribution is -0.136. The number of pyridine rings is 2. The van der Waals surface area contributed by atoms with Gasteiger partial charge in [0.1, 0.15) is 11.3 Å². The Labute approximate surface area is 240 Å². The van der Waals surface area contributed by atoms with E-state index in [-0.39, 0.29) is 6.42 Å². The zero-order valence-electron chi connectivity index (χ0n) is 23.9. The quantitative estimate of drug-likeness (QED) is 0.0918. The predicted octanol–water partition coefficient (Wildman–Crippen LogP) is 6.51. The summed E-state index contributed by atoms with van der Waals surface area (Å²) in [5.41, 5.74) is 12.0. The van der Waals surface area contributed by atoms with Crippen LogP contribution in [0, 0.1) is 6.92 Å². The molecule has 9 nitrogen and oxygen atoms in total. The van der Waals surface area contributed by atoms with Crippen molar-refractivity contribution in [2.75, 3.05) is 31.7 Å². The highest BCUT2D eigenvalue weighted by molar-refractivity contribution is 7.53. The molecule has 0 unspecified atom stereocenters. The highest BCUT2D eigenvalue weighted by atomic mass is 31.2. The Bertz CT molecular complexity index is 1570. The maximum Gasteiger partial charge on any atom is 0.330 e. The molecule has 0 aliphatic carbocycles. The summed E-state index contributed by atoms with van der Waals surface area (Å²) in [5.74, 6) is 0.309. The average molecular weight is 580 g/mol. The number of nitrogens with zero attached hydrogens (tertiary/aromatic N) is 2. The van der Waals surface area contributed by atoms with Gasteiger partial charge >= 0.3 is 13.6 Å². The number of carbonyl (C=O) groups is 1. The SMILES string of the molecule is CCOP(=O)(CCCOc1ccc(CCc2cnc3c(N)nc4cc(CCC(=O)O)ccc4c3c2)c(C)c1)OCC. The minimum Gasteiger partial charge on any atom is -0.494 e. The zero-order valence-corrected chi connectivity index (χ0v) is 24.8. The van der Waals surface area contributed by atoms with E-state index in [2.05, 4.69) is 29.0 Å². The number of fused-ring (bicyclic) bond motifs is 3. The number of carboxylic acids is 1. The molecule has 4 rings (SSSR count). The van der Waals surface area contributed by atoms with Crippen molar-refractivity contribution in [3.8, 4) is 5.75 Å². The van der Waals surface area contributed by atoms with Gasteiger partial charge < -0.3 is 24.6 Å². The number of aryl methyl sites for hydroxylation is 4. The van der Waals surface area contributed by atoms with Crippen molar-refractivity contribution in [3.63, 3.8) is 0 Å². The van der Waals surface area contributed by atoms with Crippen molar-refractivity contribution in [2.24, 2.45) is 0 Å². The highest BCUT2D eigenvalue weighted by Gasteiger charge is 2.22. The van der Waals surface area contributed by atoms with E-state index in [0.29, 0.717) is 50.2 Å². The average Bonchev–Trinajstić information content (AvgIpc) is 2.94. The lowest BCUT2D eigenvalue weighted by Crippen LogP contribution is -2.05. The van der Waals surface area contributed by atoms with Crippen LogP contribution in [-0.4, -0.2) is 47.0 Å². The van der Waals surface area contributed by atoms with Gasteiger partial charge in [0.2, 0.25) is 0 Å². The maximum absolute atomic E-state index is 12.6. The maximum atomic E-state index is 12.6. The summed E-state index contributed by atoms with van der Waals surface area (Å²) >= 11 is 0. The summed E-state index contributed by atoms with van der Waals surface area (Å²) in [6, 6.07) is 14.0. The standard InChI is InChI=1S/C31H38N3O6P/c1-4-39-41(37,40-5-2)16-6-15-38-25-12-11-24(21(3)17-25)10-7-23-18-27-26-13-8-22(9-14-29(35)36)19-28(26)34-31(32)30(27)33-20-23/h8,11-13,17-20H,4-7,9-10,14-16H2,1-3H3,(H2,32,34)(H,35,36). The molecular weight excluding hydrogens is 541 g/mol. The van der Waals surface area contributed by atoms with Crippen LogP contribution in [0.3, 0.4) is 0 Å². The van der Waals surface area contributed by atoms with Crippen LogP contribution in [0.1, 0.15) is 48.9 Å². The van der Waals surface area contributed by atoms with Crippen molar-refractivity contribution < 1.29 is 28.3 Å². The van der Waals surface area contributed by atoms with Crippen LogP contribution in [0.4, 0.5) is 5.82 Å². The molecule has 0 bridgehead atoms. The molecule has 218 valence electrons. The van der Waals surface area contributed by atoms with E-state index in [1.807, 2.05) is 36.5 Å². The normalized spacial score (nSPS) is 11.8. The number of aliphatic carboxylic acids is 1. The lowest BCUT2D eigenvalue weighted by Gasteiger charge is -2.17. The lowest BCUT2D eigenvalue weighted by atomic mass is 9.99. The van der Waals surface area contributed by atoms with E-state index in [1.54, 1.807) is 13.8 Å². The summed E-state index contributed by atoms with van der Waals surface area (Å²) < 4.78 is 29.2. The Morgan fingerprint density at radius 3 is 2.46 bits per heavy atom. The Balaban J connectivity index is 1.40. The van der Waals surface area contributed by atoms with Gasteiger partial charge in [0.25, 0.3) is 0 Å². The van der Waals surface area contributed by atoms with E-state index in [0.717, 1.165) is 51.6 Å². The largest absolute Gasteiger partial charge is 0.494 e. The molecule has 3 N–H and O–H groups in total. The third-order valence-corrected chi connectivity index (χ3v) is 9.07. The number of anilines is 1. The van der Waals surface area contributed by atoms with Gasteiger partial charge in [-0.15, -0.1) is 0 Å². The van der Waals surface area contributed by atoms with E-state index >= 15 is 0 Å². The van der Waals surface area contributed by atoms with Gasteiger partial charge in [0.05, 0.1) is 31.5 Å². The van der Waals surface area contributed by atoms with Gasteiger partial charge in [-0.2, -0.15) is 0 Å². The number of ether oxygens (including phenoxy) is 1. The van der Waals surface area contributed by atoms with Crippen LogP contribution in [-0.2, 0) is 37.7 Å². The molecule has 2 aromatic carbocycles. The smallest absolute Gasteiger partial charge is 0.330 e. The summed E-state index contributed by atoms with van der Waals surface area (Å²) in [6.45, 7) is 6.82. The molecule has 2 aromatic heterocycles. The van der Waals surface area contributed by atoms with Crippen molar-refractivity contribution >= 4 is 41.2 Å². The molecule has 0 spiro atoms. The first-order chi connectivity index (χ1) is 19.7. The second kappa shape index (κ2) is 13.9. The second-order valence-electron chi connectivity index (χ2n) is 9.94. The molecule has 10 heteroatoms. The fraction of sp³-hybridized carbons (Fsp3) is 0.387. The van der Waals surface area contributed by atoms with E-state index in [4.69, 9.17) is 24.6 Å². The molecule has 41 heavy (non-hydrogen) atoms. The van der Waals surface area contributed by atoms with Crippen molar-refractivity contribution in [3.05, 3.63) is 70.9 Å². The Morgan fingerprint density at radius 2 is 1.76 bits per heavy atom. The summed E-state index contributed by atoms with van der Waals surface area (Å²) in [6.07, 6.45) is 4.90. The van der Waals surface area contributed by atoms with Gasteiger partial charge in [0, 0.05) is 23.4 Å². The van der Waals surface area contributed by atoms with Gasteiger partial charge in [-0.25, -0.2) is 4.98 Å². The van der Waals surface area contributed by atoms with Gasteiger partial charge in [0.15, 0.2) is 5.82 Å². The molecule has 2 heterocycles. The fourth-order valence-corrected chi connectivity index (χ4v) is 6.50. The number of hydrogen-bond acceptors (Lipinski definition) is 8. The minimum absolute atomic E-state index is 0.0684. The van der Waals surface area contributed by atoms with Crippen LogP contribution in [0.15, 0.2) is 48.7 Å². The third kappa shape index (κ3) is 8.03. The number of nitrogens with two attached hydrogens (primary N) is 1. The first-order valence-corrected chi connectivity index (χ1v) is 15.7. The zero-order chi connectivity index (χ0) is 29.4. The van der Waals surface area contributed by atoms with Gasteiger partial charge in [-0.3, -0.25) is 14.3 Å². The molecule has 0 radical (unpaired) electrons. The van der Waals surface area contributed by atoms with Crippen molar-refractivity contribution in [2.45, 2.75) is 52.9 Å². The van der Waals surface area contributed by atoms with Gasteiger partial charge in [-0.1, -0.05) is 18.2 Å². The van der Waals surface area contributed by atoms with Crippen LogP contribution in [0.2, 0.25) is 0 Å². The van der Waals surface area contributed by atoms with E-state index < -0.39 is 13.6 Å². The first-order valence-electron chi connectivity index (χ1n) is 14.0. The number of aromatic nitrogens is 2. The van der Waals surface area contributed by atoms with Crippen LogP contribution in [0.25, 0.3) is 21.8 Å². The van der Waals surface area contributed by atoms with Crippen molar-refractivity contribution in [1.82, 2.24) is 9.97 Å². The number of benzene rings is 2. The highest BCUT2D eigenvalue weighted by Crippen LogP contribution is 2.48. The minimum atomic E-state index is -3.05. The molecule has 0 aliphatic heterocycles. The molecule has 0 saturated carbocycles. The number of carboxylic acid groups (broad SMARTS) is 1. The Morgan fingerprint density at radius 1 is 0.976 bits per heavy atom. The molecule has 0 amide bonds.